The van der Waals surface area contributed by atoms with Crippen LogP contribution in [0.5, 0.6) is 0 Å². The number of nitrogens with zero attached hydrogens (tertiary/aromatic N) is 1. The van der Waals surface area contributed by atoms with Gasteiger partial charge in [-0.05, 0) is 75.0 Å². The molecule has 1 spiro atoms. The summed E-state index contributed by atoms with van der Waals surface area (Å²) in [6, 6.07) is 0.383. The van der Waals surface area contributed by atoms with Gasteiger partial charge in [0, 0.05) is 25.0 Å². The van der Waals surface area contributed by atoms with Crippen molar-refractivity contribution in [3.05, 3.63) is 0 Å². The molecule has 5 atom stereocenters. The Morgan fingerprint density at radius 1 is 1.05 bits per heavy atom. The van der Waals surface area contributed by atoms with Crippen LogP contribution in [0, 0.1) is 23.2 Å². The fourth-order valence-electron chi connectivity index (χ4n) is 6.20. The van der Waals surface area contributed by atoms with Crippen LogP contribution in [-0.2, 0) is 4.79 Å². The molecule has 0 aromatic carbocycles. The Balaban J connectivity index is 1.49. The van der Waals surface area contributed by atoms with Gasteiger partial charge in [-0.15, -0.1) is 0 Å². The van der Waals surface area contributed by atoms with Crippen LogP contribution in [0.25, 0.3) is 0 Å². The van der Waals surface area contributed by atoms with Crippen LogP contribution < -0.4 is 5.73 Å². The van der Waals surface area contributed by atoms with Gasteiger partial charge in [0.15, 0.2) is 0 Å². The molecular weight excluding hydrogens is 260 g/mol. The lowest BCUT2D eigenvalue weighted by Gasteiger charge is -2.48. The summed E-state index contributed by atoms with van der Waals surface area (Å²) in [5.74, 6) is 2.33. The summed E-state index contributed by atoms with van der Waals surface area (Å²) >= 11 is 0. The molecule has 4 fully saturated rings. The molecule has 0 aromatic rings. The van der Waals surface area contributed by atoms with Crippen LogP contribution in [-0.4, -0.2) is 29.9 Å². The third-order valence-corrected chi connectivity index (χ3v) is 7.30. The standard InChI is InChI=1S/C18H30N2O/c19-16-13-6-7-15(11-13)18(16)8-4-5-14(12-18)17(21)20-9-2-1-3-10-20/h13-16H,1-12,19H2/t13-,14-,15?,16+,18-/m1/s1. The summed E-state index contributed by atoms with van der Waals surface area (Å²) in [7, 11) is 0. The quantitative estimate of drug-likeness (QED) is 0.807. The number of likely N-dealkylation sites (tertiary alicyclic amines) is 1. The van der Waals surface area contributed by atoms with E-state index in [0.29, 0.717) is 17.4 Å². The van der Waals surface area contributed by atoms with E-state index in [2.05, 4.69) is 4.90 Å². The van der Waals surface area contributed by atoms with Crippen molar-refractivity contribution in [2.75, 3.05) is 13.1 Å². The molecule has 1 heterocycles. The van der Waals surface area contributed by atoms with E-state index in [1.807, 2.05) is 0 Å². The number of hydrogen-bond donors (Lipinski definition) is 1. The van der Waals surface area contributed by atoms with Crippen LogP contribution in [0.4, 0.5) is 0 Å². The van der Waals surface area contributed by atoms with Gasteiger partial charge in [-0.1, -0.05) is 6.42 Å². The van der Waals surface area contributed by atoms with Gasteiger partial charge >= 0.3 is 0 Å². The SMILES string of the molecule is N[C@H]1[C@@H]2CCC(C2)[C@]12CCC[C@@H](C(=O)N1CCCCC1)C2. The number of rotatable bonds is 1. The largest absolute Gasteiger partial charge is 0.342 e. The molecule has 3 saturated carbocycles. The number of fused-ring (bicyclic) bond motifs is 3. The molecule has 0 radical (unpaired) electrons. The third-order valence-electron chi connectivity index (χ3n) is 7.30. The van der Waals surface area contributed by atoms with Crippen molar-refractivity contribution >= 4 is 5.91 Å². The monoisotopic (exact) mass is 290 g/mol. The minimum Gasteiger partial charge on any atom is -0.342 e. The fourth-order valence-corrected chi connectivity index (χ4v) is 6.20. The Labute approximate surface area is 128 Å². The Hall–Kier alpha value is -0.570. The summed E-state index contributed by atoms with van der Waals surface area (Å²) in [5, 5.41) is 0. The summed E-state index contributed by atoms with van der Waals surface area (Å²) in [6.45, 7) is 2.00. The molecule has 1 amide bonds. The van der Waals surface area contributed by atoms with Gasteiger partial charge in [0.05, 0.1) is 0 Å². The molecule has 3 aliphatic carbocycles. The van der Waals surface area contributed by atoms with E-state index in [0.717, 1.165) is 37.8 Å². The Bertz CT molecular complexity index is 413. The van der Waals surface area contributed by atoms with Crippen molar-refractivity contribution in [1.82, 2.24) is 4.90 Å². The maximum absolute atomic E-state index is 12.9. The molecule has 3 heteroatoms. The van der Waals surface area contributed by atoms with E-state index in [1.54, 1.807) is 0 Å². The Kier molecular flexibility index (Phi) is 3.52. The number of piperidine rings is 1. The van der Waals surface area contributed by atoms with Crippen LogP contribution in [0.3, 0.4) is 0 Å². The molecule has 0 aromatic heterocycles. The van der Waals surface area contributed by atoms with Crippen LogP contribution in [0.2, 0.25) is 0 Å². The maximum Gasteiger partial charge on any atom is 0.225 e. The van der Waals surface area contributed by atoms with E-state index < -0.39 is 0 Å². The molecule has 1 saturated heterocycles. The lowest BCUT2D eigenvalue weighted by atomic mass is 9.59. The summed E-state index contributed by atoms with van der Waals surface area (Å²) in [4.78, 5) is 15.0. The van der Waals surface area contributed by atoms with E-state index in [9.17, 15) is 4.79 Å². The number of amides is 1. The number of carbonyl (C=O) groups is 1. The van der Waals surface area contributed by atoms with E-state index in [4.69, 9.17) is 5.73 Å². The molecule has 2 N–H and O–H groups in total. The Morgan fingerprint density at radius 2 is 1.86 bits per heavy atom. The summed E-state index contributed by atoms with van der Waals surface area (Å²) < 4.78 is 0. The zero-order chi connectivity index (χ0) is 14.4. The number of hydrogen-bond acceptors (Lipinski definition) is 2. The highest BCUT2D eigenvalue weighted by Gasteiger charge is 2.58. The van der Waals surface area contributed by atoms with Crippen molar-refractivity contribution in [3.63, 3.8) is 0 Å². The van der Waals surface area contributed by atoms with Gasteiger partial charge in [-0.25, -0.2) is 0 Å². The second kappa shape index (κ2) is 5.26. The molecule has 4 rings (SSSR count). The first-order valence-corrected chi connectivity index (χ1v) is 9.25. The highest BCUT2D eigenvalue weighted by Crippen LogP contribution is 2.61. The van der Waals surface area contributed by atoms with Crippen molar-refractivity contribution < 1.29 is 4.79 Å². The zero-order valence-electron chi connectivity index (χ0n) is 13.2. The summed E-state index contributed by atoms with van der Waals surface area (Å²) in [5.41, 5.74) is 6.98. The van der Waals surface area contributed by atoms with Crippen molar-refractivity contribution in [3.8, 4) is 0 Å². The van der Waals surface area contributed by atoms with Crippen LogP contribution >= 0.6 is 0 Å². The highest BCUT2D eigenvalue weighted by molar-refractivity contribution is 5.79. The molecule has 118 valence electrons. The fraction of sp³-hybridized carbons (Fsp3) is 0.944. The van der Waals surface area contributed by atoms with Gasteiger partial charge in [0.25, 0.3) is 0 Å². The number of nitrogens with two attached hydrogens (primary N) is 1. The van der Waals surface area contributed by atoms with Crippen LogP contribution in [0.1, 0.15) is 64.2 Å². The minimum atomic E-state index is 0.280. The molecule has 1 aliphatic heterocycles. The van der Waals surface area contributed by atoms with E-state index in [-0.39, 0.29) is 5.92 Å². The first kappa shape index (κ1) is 14.0. The van der Waals surface area contributed by atoms with Gasteiger partial charge in [0.2, 0.25) is 5.91 Å². The second-order valence-corrected chi connectivity index (χ2v) is 8.21. The van der Waals surface area contributed by atoms with Gasteiger partial charge in [0.1, 0.15) is 0 Å². The highest BCUT2D eigenvalue weighted by atomic mass is 16.2. The average Bonchev–Trinajstić information content (AvgIpc) is 3.11. The normalized spacial score (nSPS) is 46.2. The van der Waals surface area contributed by atoms with Gasteiger partial charge in [-0.2, -0.15) is 0 Å². The molecule has 1 unspecified atom stereocenters. The van der Waals surface area contributed by atoms with E-state index in [1.165, 1.54) is 51.4 Å². The predicted molar refractivity (Wildman–Crippen MR) is 83.6 cm³/mol. The Morgan fingerprint density at radius 3 is 2.57 bits per heavy atom. The van der Waals surface area contributed by atoms with Crippen molar-refractivity contribution in [2.45, 2.75) is 70.3 Å². The van der Waals surface area contributed by atoms with Crippen LogP contribution in [0.15, 0.2) is 0 Å². The topological polar surface area (TPSA) is 46.3 Å². The lowest BCUT2D eigenvalue weighted by Crippen LogP contribution is -2.51. The van der Waals surface area contributed by atoms with E-state index >= 15 is 0 Å². The van der Waals surface area contributed by atoms with Crippen molar-refractivity contribution in [1.29, 1.82) is 0 Å². The summed E-state index contributed by atoms with van der Waals surface area (Å²) in [6.07, 6.45) is 12.5. The minimum absolute atomic E-state index is 0.280. The first-order chi connectivity index (χ1) is 10.2. The molecular formula is C18H30N2O. The lowest BCUT2D eigenvalue weighted by molar-refractivity contribution is -0.140. The molecule has 2 bridgehead atoms. The molecule has 21 heavy (non-hydrogen) atoms. The smallest absolute Gasteiger partial charge is 0.225 e. The third kappa shape index (κ3) is 2.15. The molecule has 4 aliphatic rings. The first-order valence-electron chi connectivity index (χ1n) is 9.25. The zero-order valence-corrected chi connectivity index (χ0v) is 13.2. The average molecular weight is 290 g/mol. The van der Waals surface area contributed by atoms with Gasteiger partial charge < -0.3 is 10.6 Å². The second-order valence-electron chi connectivity index (χ2n) is 8.21. The van der Waals surface area contributed by atoms with Gasteiger partial charge in [-0.3, -0.25) is 4.79 Å². The number of carbonyl (C=O) groups excluding carboxylic acids is 1. The molecule has 3 nitrogen and oxygen atoms in total. The van der Waals surface area contributed by atoms with Crippen molar-refractivity contribution in [2.24, 2.45) is 28.9 Å². The predicted octanol–water partition coefficient (Wildman–Crippen LogP) is 2.93. The maximum atomic E-state index is 12.9.